The number of hydrogen-bond acceptors (Lipinski definition) is 5. The van der Waals surface area contributed by atoms with Gasteiger partial charge in [-0.05, 0) is 60.4 Å². The van der Waals surface area contributed by atoms with Crippen molar-refractivity contribution >= 4 is 23.4 Å². The van der Waals surface area contributed by atoms with Crippen molar-refractivity contribution in [3.63, 3.8) is 0 Å². The number of hydrogen-bond donors (Lipinski definition) is 0. The van der Waals surface area contributed by atoms with Crippen molar-refractivity contribution in [3.05, 3.63) is 106 Å². The molecule has 9 nitrogen and oxygen atoms in total. The first-order valence-corrected chi connectivity index (χ1v) is 14.0. The molecule has 4 heterocycles. The molecule has 41 heavy (non-hydrogen) atoms. The van der Waals surface area contributed by atoms with Crippen molar-refractivity contribution in [1.82, 2.24) is 19.6 Å². The van der Waals surface area contributed by atoms with Gasteiger partial charge in [0.15, 0.2) is 5.76 Å². The second-order valence-corrected chi connectivity index (χ2v) is 10.7. The zero-order chi connectivity index (χ0) is 28.5. The fourth-order valence-corrected chi connectivity index (χ4v) is 5.79. The van der Waals surface area contributed by atoms with Gasteiger partial charge in [0.1, 0.15) is 0 Å². The number of benzene rings is 2. The summed E-state index contributed by atoms with van der Waals surface area (Å²) in [4.78, 5) is 44.7. The molecule has 2 aromatic heterocycles. The molecule has 1 saturated heterocycles. The smallest absolute Gasteiger partial charge is 0.289 e. The Morgan fingerprint density at radius 1 is 0.902 bits per heavy atom. The van der Waals surface area contributed by atoms with Gasteiger partial charge in [-0.1, -0.05) is 24.3 Å². The van der Waals surface area contributed by atoms with Gasteiger partial charge in [-0.2, -0.15) is 5.10 Å². The standard InChI is InChI=1S/C32H33N5O4/c1-22-18-25(31(39)37-21-26-20-33-34(2)28(26)19-24-6-3-4-7-27(24)37)10-9-23(22)11-12-30(38)35-13-15-36(16-14-35)32(40)29-8-5-17-41-29/h3-10,17-18,20H,11-16,19,21H2,1-2H3. The van der Waals surface area contributed by atoms with Crippen LogP contribution >= 0.6 is 0 Å². The van der Waals surface area contributed by atoms with Crippen LogP contribution in [0.2, 0.25) is 0 Å². The zero-order valence-electron chi connectivity index (χ0n) is 23.4. The number of carbonyl (C=O) groups is 3. The molecule has 0 spiro atoms. The van der Waals surface area contributed by atoms with Crippen molar-refractivity contribution in [1.29, 1.82) is 0 Å². The van der Waals surface area contributed by atoms with E-state index in [2.05, 4.69) is 11.2 Å². The lowest BCUT2D eigenvalue weighted by Gasteiger charge is -2.34. The summed E-state index contributed by atoms with van der Waals surface area (Å²) in [6.45, 7) is 4.45. The number of fused-ring (bicyclic) bond motifs is 2. The van der Waals surface area contributed by atoms with E-state index in [0.717, 1.165) is 40.1 Å². The third-order valence-corrected chi connectivity index (χ3v) is 8.21. The lowest BCUT2D eigenvalue weighted by molar-refractivity contribution is -0.132. The van der Waals surface area contributed by atoms with E-state index in [1.807, 2.05) is 71.0 Å². The summed E-state index contributed by atoms with van der Waals surface area (Å²) >= 11 is 0. The number of anilines is 1. The molecule has 0 unspecified atom stereocenters. The van der Waals surface area contributed by atoms with E-state index in [0.29, 0.717) is 56.9 Å². The molecule has 1 fully saturated rings. The molecule has 0 radical (unpaired) electrons. The van der Waals surface area contributed by atoms with Crippen molar-refractivity contribution < 1.29 is 18.8 Å². The lowest BCUT2D eigenvalue weighted by atomic mass is 10.00. The van der Waals surface area contributed by atoms with Gasteiger partial charge in [0.2, 0.25) is 5.91 Å². The lowest BCUT2D eigenvalue weighted by Crippen LogP contribution is -2.50. The van der Waals surface area contributed by atoms with Crippen LogP contribution in [0.5, 0.6) is 0 Å². The number of para-hydroxylation sites is 1. The minimum atomic E-state index is -0.142. The first kappa shape index (κ1) is 26.6. The van der Waals surface area contributed by atoms with E-state index in [1.165, 1.54) is 6.26 Å². The number of carbonyl (C=O) groups excluding carboxylic acids is 3. The molecule has 9 heteroatoms. The quantitative estimate of drug-likeness (QED) is 0.374. The van der Waals surface area contributed by atoms with Crippen LogP contribution in [0.3, 0.4) is 0 Å². The Morgan fingerprint density at radius 3 is 2.44 bits per heavy atom. The van der Waals surface area contributed by atoms with Crippen LogP contribution in [0.1, 0.15) is 55.3 Å². The van der Waals surface area contributed by atoms with Crippen LogP contribution in [-0.2, 0) is 31.2 Å². The van der Waals surface area contributed by atoms with Gasteiger partial charge in [0.05, 0.1) is 19.0 Å². The molecule has 4 aromatic rings. The molecule has 0 aliphatic carbocycles. The highest BCUT2D eigenvalue weighted by Gasteiger charge is 2.28. The van der Waals surface area contributed by atoms with Crippen LogP contribution in [0, 0.1) is 6.92 Å². The second-order valence-electron chi connectivity index (χ2n) is 10.7. The number of nitrogens with zero attached hydrogens (tertiary/aromatic N) is 5. The summed E-state index contributed by atoms with van der Waals surface area (Å²) in [5.74, 6) is 0.200. The van der Waals surface area contributed by atoms with E-state index in [1.54, 1.807) is 17.0 Å². The SMILES string of the molecule is Cc1cc(C(=O)N2Cc3cnn(C)c3Cc3ccccc32)ccc1CCC(=O)N1CCN(C(=O)c2ccco2)CC1. The number of amides is 3. The Hall–Kier alpha value is -4.66. The Balaban J connectivity index is 1.09. The van der Waals surface area contributed by atoms with Gasteiger partial charge in [-0.15, -0.1) is 0 Å². The third kappa shape index (κ3) is 5.27. The van der Waals surface area contributed by atoms with Gasteiger partial charge >= 0.3 is 0 Å². The number of rotatable bonds is 5. The minimum Gasteiger partial charge on any atom is -0.459 e. The van der Waals surface area contributed by atoms with Gasteiger partial charge in [-0.25, -0.2) is 0 Å². The van der Waals surface area contributed by atoms with Crippen molar-refractivity contribution in [2.45, 2.75) is 32.7 Å². The second kappa shape index (κ2) is 11.1. The van der Waals surface area contributed by atoms with Crippen molar-refractivity contribution in [2.24, 2.45) is 7.05 Å². The van der Waals surface area contributed by atoms with E-state index in [-0.39, 0.29) is 17.7 Å². The van der Waals surface area contributed by atoms with Crippen molar-refractivity contribution in [2.75, 3.05) is 31.1 Å². The van der Waals surface area contributed by atoms with Crippen LogP contribution in [0.25, 0.3) is 0 Å². The Bertz CT molecular complexity index is 1600. The van der Waals surface area contributed by atoms with Crippen LogP contribution in [-0.4, -0.2) is 63.5 Å². The third-order valence-electron chi connectivity index (χ3n) is 8.21. The Morgan fingerprint density at radius 2 is 1.68 bits per heavy atom. The minimum absolute atomic E-state index is 0.0538. The molecule has 0 saturated carbocycles. The number of piperazine rings is 1. The van der Waals surface area contributed by atoms with Crippen LogP contribution < -0.4 is 4.90 Å². The van der Waals surface area contributed by atoms with E-state index in [9.17, 15) is 14.4 Å². The maximum Gasteiger partial charge on any atom is 0.289 e. The fraction of sp³-hybridized carbons (Fsp3) is 0.312. The summed E-state index contributed by atoms with van der Waals surface area (Å²) in [6, 6.07) is 17.2. The number of aryl methyl sites for hydroxylation is 3. The van der Waals surface area contributed by atoms with Gasteiger partial charge in [0, 0.05) is 68.6 Å². The maximum atomic E-state index is 13.8. The fourth-order valence-electron chi connectivity index (χ4n) is 5.79. The molecule has 0 atom stereocenters. The first-order valence-electron chi connectivity index (χ1n) is 14.0. The highest BCUT2D eigenvalue weighted by molar-refractivity contribution is 6.06. The average Bonchev–Trinajstić information content (AvgIpc) is 3.61. The summed E-state index contributed by atoms with van der Waals surface area (Å²) in [5, 5.41) is 4.42. The van der Waals surface area contributed by atoms with E-state index >= 15 is 0 Å². The summed E-state index contributed by atoms with van der Waals surface area (Å²) in [6.07, 6.45) is 5.04. The Labute approximate surface area is 239 Å². The molecule has 0 bridgehead atoms. The molecule has 2 aliphatic heterocycles. The number of furan rings is 1. The Kier molecular flexibility index (Phi) is 7.17. The van der Waals surface area contributed by atoms with E-state index < -0.39 is 0 Å². The largest absolute Gasteiger partial charge is 0.459 e. The molecule has 2 aliphatic rings. The van der Waals surface area contributed by atoms with Gasteiger partial charge < -0.3 is 19.1 Å². The van der Waals surface area contributed by atoms with Gasteiger partial charge in [-0.3, -0.25) is 19.1 Å². The predicted molar refractivity (Wildman–Crippen MR) is 154 cm³/mol. The molecular weight excluding hydrogens is 518 g/mol. The van der Waals surface area contributed by atoms with Crippen LogP contribution in [0.4, 0.5) is 5.69 Å². The highest BCUT2D eigenvalue weighted by atomic mass is 16.3. The average molecular weight is 552 g/mol. The monoisotopic (exact) mass is 551 g/mol. The van der Waals surface area contributed by atoms with Crippen LogP contribution in [0.15, 0.2) is 71.5 Å². The summed E-state index contributed by atoms with van der Waals surface area (Å²) in [7, 11) is 1.94. The molecule has 0 N–H and O–H groups in total. The summed E-state index contributed by atoms with van der Waals surface area (Å²) < 4.78 is 7.11. The zero-order valence-corrected chi connectivity index (χ0v) is 23.4. The normalized spacial score (nSPS) is 14.8. The predicted octanol–water partition coefficient (Wildman–Crippen LogP) is 3.99. The molecule has 6 rings (SSSR count). The highest BCUT2D eigenvalue weighted by Crippen LogP contribution is 2.31. The first-order chi connectivity index (χ1) is 19.9. The molecule has 2 aromatic carbocycles. The number of aromatic nitrogens is 2. The molecule has 3 amide bonds. The molecule has 210 valence electrons. The topological polar surface area (TPSA) is 91.9 Å². The van der Waals surface area contributed by atoms with E-state index in [4.69, 9.17) is 4.42 Å². The van der Waals surface area contributed by atoms with Gasteiger partial charge in [0.25, 0.3) is 11.8 Å². The molecular formula is C32H33N5O4. The van der Waals surface area contributed by atoms with Crippen molar-refractivity contribution in [3.8, 4) is 0 Å². The maximum absolute atomic E-state index is 13.8. The summed E-state index contributed by atoms with van der Waals surface area (Å²) in [5.41, 5.74) is 6.85.